The largest absolute Gasteiger partial charge is 0.381 e. The van der Waals surface area contributed by atoms with Gasteiger partial charge in [0.1, 0.15) is 0 Å². The smallest absolute Gasteiger partial charge is 0.316 e. The molecule has 0 aliphatic carbocycles. The molecule has 0 aromatic rings. The Kier molecular flexibility index (Phi) is 3.82. The van der Waals surface area contributed by atoms with E-state index >= 15 is 0 Å². The number of ether oxygens (including phenoxy) is 1. The van der Waals surface area contributed by atoms with Crippen molar-refractivity contribution in [2.45, 2.75) is 25.4 Å². The number of carbonyl (C=O) groups excluding carboxylic acids is 1. The standard InChI is InChI=1S/C8H14ClNO2/c1-12-7-3-2-5-10(6-4-7)8(9)11/h7H,2-6H2,1H3. The minimum Gasteiger partial charge on any atom is -0.381 e. The van der Waals surface area contributed by atoms with Crippen LogP contribution in [0.3, 0.4) is 0 Å². The van der Waals surface area contributed by atoms with Crippen LogP contribution < -0.4 is 0 Å². The molecule has 0 spiro atoms. The van der Waals surface area contributed by atoms with E-state index in [1.165, 1.54) is 0 Å². The van der Waals surface area contributed by atoms with Gasteiger partial charge >= 0.3 is 5.37 Å². The van der Waals surface area contributed by atoms with Crippen molar-refractivity contribution in [3.05, 3.63) is 0 Å². The summed E-state index contributed by atoms with van der Waals surface area (Å²) in [6.07, 6.45) is 3.20. The van der Waals surface area contributed by atoms with Crippen LogP contribution >= 0.6 is 11.6 Å². The van der Waals surface area contributed by atoms with Crippen LogP contribution in [0.5, 0.6) is 0 Å². The summed E-state index contributed by atoms with van der Waals surface area (Å²) in [5.74, 6) is 0. The number of halogens is 1. The molecule has 3 nitrogen and oxygen atoms in total. The average Bonchev–Trinajstić information content (AvgIpc) is 2.28. The third-order valence-electron chi connectivity index (χ3n) is 2.26. The molecule has 1 aliphatic rings. The molecule has 0 aromatic heterocycles. The Morgan fingerprint density at radius 2 is 2.25 bits per heavy atom. The van der Waals surface area contributed by atoms with Gasteiger partial charge in [0, 0.05) is 20.2 Å². The Balaban J connectivity index is 2.39. The van der Waals surface area contributed by atoms with Crippen molar-refractivity contribution in [2.24, 2.45) is 0 Å². The van der Waals surface area contributed by atoms with E-state index in [4.69, 9.17) is 16.3 Å². The normalized spacial score (nSPS) is 25.2. The molecule has 0 saturated carbocycles. The zero-order valence-electron chi connectivity index (χ0n) is 7.25. The second-order valence-electron chi connectivity index (χ2n) is 3.03. The third kappa shape index (κ3) is 2.64. The summed E-state index contributed by atoms with van der Waals surface area (Å²) in [5.41, 5.74) is 0. The molecule has 1 amide bonds. The molecule has 1 saturated heterocycles. The summed E-state index contributed by atoms with van der Waals surface area (Å²) in [5, 5.41) is -0.341. The number of nitrogens with zero attached hydrogens (tertiary/aromatic N) is 1. The first-order valence-electron chi connectivity index (χ1n) is 4.21. The van der Waals surface area contributed by atoms with Gasteiger partial charge in [-0.15, -0.1) is 0 Å². The van der Waals surface area contributed by atoms with E-state index in [9.17, 15) is 4.79 Å². The summed E-state index contributed by atoms with van der Waals surface area (Å²) in [6.45, 7) is 1.49. The average molecular weight is 192 g/mol. The molecule has 1 rings (SSSR count). The predicted molar refractivity (Wildman–Crippen MR) is 47.5 cm³/mol. The fraction of sp³-hybridized carbons (Fsp3) is 0.875. The van der Waals surface area contributed by atoms with Crippen molar-refractivity contribution in [3.8, 4) is 0 Å². The van der Waals surface area contributed by atoms with Gasteiger partial charge in [-0.1, -0.05) is 0 Å². The van der Waals surface area contributed by atoms with Crippen molar-refractivity contribution in [2.75, 3.05) is 20.2 Å². The lowest BCUT2D eigenvalue weighted by Crippen LogP contribution is -2.27. The van der Waals surface area contributed by atoms with Crippen LogP contribution in [-0.4, -0.2) is 36.6 Å². The Bertz CT molecular complexity index is 163. The van der Waals surface area contributed by atoms with Crippen molar-refractivity contribution in [1.82, 2.24) is 4.90 Å². The summed E-state index contributed by atoms with van der Waals surface area (Å²) in [6, 6.07) is 0. The van der Waals surface area contributed by atoms with Crippen LogP contribution in [0.1, 0.15) is 19.3 Å². The molecule has 0 radical (unpaired) electrons. The maximum Gasteiger partial charge on any atom is 0.316 e. The lowest BCUT2D eigenvalue weighted by molar-refractivity contribution is 0.0910. The highest BCUT2D eigenvalue weighted by Crippen LogP contribution is 2.14. The number of rotatable bonds is 1. The van der Waals surface area contributed by atoms with Gasteiger partial charge in [-0.25, -0.2) is 0 Å². The van der Waals surface area contributed by atoms with E-state index in [0.717, 1.165) is 32.4 Å². The first kappa shape index (κ1) is 9.81. The van der Waals surface area contributed by atoms with Gasteiger partial charge in [0.25, 0.3) is 0 Å². The first-order chi connectivity index (χ1) is 5.74. The molecule has 1 heterocycles. The van der Waals surface area contributed by atoms with Crippen LogP contribution in [0.4, 0.5) is 4.79 Å². The summed E-state index contributed by atoms with van der Waals surface area (Å²) in [4.78, 5) is 12.5. The second kappa shape index (κ2) is 4.67. The Hall–Kier alpha value is -0.280. The predicted octanol–water partition coefficient (Wildman–Crippen LogP) is 1.85. The SMILES string of the molecule is COC1CCCN(C(=O)Cl)CC1. The highest BCUT2D eigenvalue weighted by Gasteiger charge is 2.18. The number of hydrogen-bond donors (Lipinski definition) is 0. The van der Waals surface area contributed by atoms with Gasteiger partial charge in [0.15, 0.2) is 0 Å². The molecular formula is C8H14ClNO2. The van der Waals surface area contributed by atoms with Gasteiger partial charge < -0.3 is 9.64 Å². The molecule has 1 unspecified atom stereocenters. The number of carbonyl (C=O) groups is 1. The maximum atomic E-state index is 10.8. The summed E-state index contributed by atoms with van der Waals surface area (Å²) in [7, 11) is 1.71. The van der Waals surface area contributed by atoms with Gasteiger partial charge in [-0.3, -0.25) is 4.79 Å². The van der Waals surface area contributed by atoms with Crippen LogP contribution in [-0.2, 0) is 4.74 Å². The van der Waals surface area contributed by atoms with Crippen LogP contribution in [0.25, 0.3) is 0 Å². The number of hydrogen-bond acceptors (Lipinski definition) is 2. The monoisotopic (exact) mass is 191 g/mol. The molecule has 12 heavy (non-hydrogen) atoms. The van der Waals surface area contributed by atoms with E-state index in [-0.39, 0.29) is 5.37 Å². The van der Waals surface area contributed by atoms with E-state index in [1.54, 1.807) is 12.0 Å². The minimum absolute atomic E-state index is 0.297. The lowest BCUT2D eigenvalue weighted by Gasteiger charge is -2.16. The summed E-state index contributed by atoms with van der Waals surface area (Å²) >= 11 is 5.37. The molecular weight excluding hydrogens is 178 g/mol. The zero-order valence-corrected chi connectivity index (χ0v) is 8.01. The number of methoxy groups -OCH3 is 1. The zero-order chi connectivity index (χ0) is 8.97. The first-order valence-corrected chi connectivity index (χ1v) is 4.59. The molecule has 0 N–H and O–H groups in total. The quantitative estimate of drug-likeness (QED) is 0.468. The van der Waals surface area contributed by atoms with Gasteiger partial charge in [-0.05, 0) is 30.9 Å². The van der Waals surface area contributed by atoms with Crippen LogP contribution in [0.15, 0.2) is 0 Å². The number of amides is 1. The molecule has 70 valence electrons. The Morgan fingerprint density at radius 1 is 1.50 bits per heavy atom. The van der Waals surface area contributed by atoms with Crippen molar-refractivity contribution in [3.63, 3.8) is 0 Å². The van der Waals surface area contributed by atoms with Crippen molar-refractivity contribution < 1.29 is 9.53 Å². The highest BCUT2D eigenvalue weighted by molar-refractivity contribution is 6.62. The molecule has 1 fully saturated rings. The molecule has 4 heteroatoms. The fourth-order valence-corrected chi connectivity index (χ4v) is 1.65. The van der Waals surface area contributed by atoms with E-state index in [1.807, 2.05) is 0 Å². The van der Waals surface area contributed by atoms with E-state index < -0.39 is 0 Å². The van der Waals surface area contributed by atoms with E-state index in [2.05, 4.69) is 0 Å². The minimum atomic E-state index is -0.341. The molecule has 0 aromatic carbocycles. The Labute approximate surface area is 77.6 Å². The molecule has 0 bridgehead atoms. The van der Waals surface area contributed by atoms with Crippen molar-refractivity contribution in [1.29, 1.82) is 0 Å². The molecule has 1 atom stereocenters. The van der Waals surface area contributed by atoms with Gasteiger partial charge in [0.05, 0.1) is 6.10 Å². The highest BCUT2D eigenvalue weighted by atomic mass is 35.5. The summed E-state index contributed by atoms with van der Waals surface area (Å²) < 4.78 is 5.22. The topological polar surface area (TPSA) is 29.5 Å². The lowest BCUT2D eigenvalue weighted by atomic mass is 10.2. The number of likely N-dealkylation sites (tertiary alicyclic amines) is 1. The Morgan fingerprint density at radius 3 is 2.83 bits per heavy atom. The van der Waals surface area contributed by atoms with Gasteiger partial charge in [-0.2, -0.15) is 0 Å². The second-order valence-corrected chi connectivity index (χ2v) is 3.35. The molecule has 1 aliphatic heterocycles. The maximum absolute atomic E-state index is 10.8. The third-order valence-corrected chi connectivity index (χ3v) is 2.50. The van der Waals surface area contributed by atoms with Crippen LogP contribution in [0.2, 0.25) is 0 Å². The van der Waals surface area contributed by atoms with Crippen molar-refractivity contribution >= 4 is 17.0 Å². The van der Waals surface area contributed by atoms with Gasteiger partial charge in [0.2, 0.25) is 0 Å². The van der Waals surface area contributed by atoms with Crippen LogP contribution in [0, 0.1) is 0 Å². The fourth-order valence-electron chi connectivity index (χ4n) is 1.48. The van der Waals surface area contributed by atoms with E-state index in [0.29, 0.717) is 6.10 Å².